The molecule has 1 aliphatic heterocycles. The van der Waals surface area contributed by atoms with Crippen molar-refractivity contribution in [2.24, 2.45) is 0 Å². The zero-order valence-corrected chi connectivity index (χ0v) is 9.70. The van der Waals surface area contributed by atoms with E-state index in [-0.39, 0.29) is 18.1 Å². The molecule has 0 aromatic carbocycles. The molecular formula is C11H20N2O3. The van der Waals surface area contributed by atoms with Gasteiger partial charge in [0, 0.05) is 25.7 Å². The number of hydrogen-bond donors (Lipinski definition) is 2. The lowest BCUT2D eigenvalue weighted by molar-refractivity contribution is -0.136. The zero-order valence-electron chi connectivity index (χ0n) is 9.70. The van der Waals surface area contributed by atoms with Crippen LogP contribution in [0.3, 0.4) is 0 Å². The first-order valence-electron chi connectivity index (χ1n) is 6.04. The Balaban J connectivity index is 1.64. The quantitative estimate of drug-likeness (QED) is 0.691. The lowest BCUT2D eigenvalue weighted by Crippen LogP contribution is -2.54. The molecule has 92 valence electrons. The van der Waals surface area contributed by atoms with Crippen LogP contribution in [-0.2, 0) is 14.3 Å². The summed E-state index contributed by atoms with van der Waals surface area (Å²) in [5, 5.41) is 6.13. The summed E-state index contributed by atoms with van der Waals surface area (Å²) in [7, 11) is 0. The minimum atomic E-state index is -0.320. The van der Waals surface area contributed by atoms with E-state index in [9.17, 15) is 4.79 Å². The molecule has 0 bridgehead atoms. The van der Waals surface area contributed by atoms with Gasteiger partial charge in [-0.05, 0) is 19.8 Å². The topological polar surface area (TPSA) is 59.6 Å². The molecule has 5 nitrogen and oxygen atoms in total. The van der Waals surface area contributed by atoms with Crippen molar-refractivity contribution in [3.05, 3.63) is 0 Å². The maximum absolute atomic E-state index is 11.7. The maximum atomic E-state index is 11.7. The SMILES string of the molecule is CCOC1CC(NC(=O)C2CNCCO2)C1. The monoisotopic (exact) mass is 228 g/mol. The van der Waals surface area contributed by atoms with Gasteiger partial charge >= 0.3 is 0 Å². The zero-order chi connectivity index (χ0) is 11.4. The standard InChI is InChI=1S/C11H20N2O3/c1-2-15-9-5-8(6-9)13-11(14)10-7-12-3-4-16-10/h8-10,12H,2-7H2,1H3,(H,13,14). The number of morpholine rings is 1. The molecule has 2 N–H and O–H groups in total. The number of ether oxygens (including phenoxy) is 2. The Hall–Kier alpha value is -0.650. The van der Waals surface area contributed by atoms with Gasteiger partial charge in [-0.15, -0.1) is 0 Å². The summed E-state index contributed by atoms with van der Waals surface area (Å²) in [6.45, 7) is 4.81. The average Bonchev–Trinajstić information content (AvgIpc) is 2.27. The molecule has 1 saturated heterocycles. The third kappa shape index (κ3) is 2.93. The minimum absolute atomic E-state index is 0.00662. The second kappa shape index (κ2) is 5.61. The highest BCUT2D eigenvalue weighted by atomic mass is 16.5. The highest BCUT2D eigenvalue weighted by molar-refractivity contribution is 5.81. The van der Waals surface area contributed by atoms with Crippen LogP contribution in [0.15, 0.2) is 0 Å². The van der Waals surface area contributed by atoms with Gasteiger partial charge in [0.1, 0.15) is 6.10 Å². The molecule has 1 atom stereocenters. The summed E-state index contributed by atoms with van der Waals surface area (Å²) in [5.74, 6) is 0.00662. The molecule has 2 fully saturated rings. The van der Waals surface area contributed by atoms with Crippen molar-refractivity contribution in [3.63, 3.8) is 0 Å². The molecule has 1 amide bonds. The molecule has 0 radical (unpaired) electrons. The Kier molecular flexibility index (Phi) is 4.15. The Morgan fingerprint density at radius 3 is 3.00 bits per heavy atom. The highest BCUT2D eigenvalue weighted by Gasteiger charge is 2.32. The van der Waals surface area contributed by atoms with Crippen molar-refractivity contribution in [2.45, 2.75) is 38.0 Å². The van der Waals surface area contributed by atoms with E-state index < -0.39 is 0 Å². The van der Waals surface area contributed by atoms with E-state index in [1.54, 1.807) is 0 Å². The number of carbonyl (C=O) groups excluding carboxylic acids is 1. The fourth-order valence-electron chi connectivity index (χ4n) is 2.08. The summed E-state index contributed by atoms with van der Waals surface area (Å²) in [6.07, 6.45) is 1.88. The summed E-state index contributed by atoms with van der Waals surface area (Å²) in [5.41, 5.74) is 0. The second-order valence-electron chi connectivity index (χ2n) is 4.32. The van der Waals surface area contributed by atoms with E-state index in [4.69, 9.17) is 9.47 Å². The largest absolute Gasteiger partial charge is 0.378 e. The maximum Gasteiger partial charge on any atom is 0.250 e. The molecule has 0 spiro atoms. The van der Waals surface area contributed by atoms with Crippen LogP contribution in [0.4, 0.5) is 0 Å². The van der Waals surface area contributed by atoms with Crippen molar-refractivity contribution in [1.82, 2.24) is 10.6 Å². The lowest BCUT2D eigenvalue weighted by atomic mass is 9.89. The normalized spacial score (nSPS) is 34.2. The fourth-order valence-corrected chi connectivity index (χ4v) is 2.08. The molecular weight excluding hydrogens is 208 g/mol. The van der Waals surface area contributed by atoms with E-state index in [0.717, 1.165) is 26.0 Å². The van der Waals surface area contributed by atoms with Crippen molar-refractivity contribution in [3.8, 4) is 0 Å². The van der Waals surface area contributed by atoms with Gasteiger partial charge in [0.15, 0.2) is 0 Å². The Bertz CT molecular complexity index is 235. The van der Waals surface area contributed by atoms with E-state index in [0.29, 0.717) is 19.3 Å². The van der Waals surface area contributed by atoms with Crippen molar-refractivity contribution in [2.75, 3.05) is 26.3 Å². The molecule has 2 aliphatic rings. The second-order valence-corrected chi connectivity index (χ2v) is 4.32. The van der Waals surface area contributed by atoms with Crippen molar-refractivity contribution in [1.29, 1.82) is 0 Å². The predicted octanol–water partition coefficient (Wildman–Crippen LogP) is -0.341. The lowest BCUT2D eigenvalue weighted by Gasteiger charge is -2.36. The number of rotatable bonds is 4. The van der Waals surface area contributed by atoms with Crippen LogP contribution in [0.1, 0.15) is 19.8 Å². The molecule has 2 rings (SSSR count). The average molecular weight is 228 g/mol. The molecule has 0 aromatic heterocycles. The van der Waals surface area contributed by atoms with Crippen LogP contribution in [0.5, 0.6) is 0 Å². The Morgan fingerprint density at radius 2 is 2.38 bits per heavy atom. The van der Waals surface area contributed by atoms with Gasteiger partial charge in [-0.2, -0.15) is 0 Å². The van der Waals surface area contributed by atoms with Gasteiger partial charge in [0.05, 0.1) is 12.7 Å². The third-order valence-electron chi connectivity index (χ3n) is 3.06. The van der Waals surface area contributed by atoms with Crippen LogP contribution in [-0.4, -0.2) is 50.5 Å². The van der Waals surface area contributed by atoms with Crippen LogP contribution in [0, 0.1) is 0 Å². The van der Waals surface area contributed by atoms with Crippen LogP contribution < -0.4 is 10.6 Å². The van der Waals surface area contributed by atoms with Gasteiger partial charge < -0.3 is 20.1 Å². The van der Waals surface area contributed by atoms with E-state index >= 15 is 0 Å². The summed E-state index contributed by atoms with van der Waals surface area (Å²) >= 11 is 0. The Morgan fingerprint density at radius 1 is 1.56 bits per heavy atom. The highest BCUT2D eigenvalue weighted by Crippen LogP contribution is 2.23. The summed E-state index contributed by atoms with van der Waals surface area (Å²) in [6, 6.07) is 0.273. The first-order valence-corrected chi connectivity index (χ1v) is 6.04. The van der Waals surface area contributed by atoms with Crippen LogP contribution in [0.25, 0.3) is 0 Å². The van der Waals surface area contributed by atoms with Gasteiger partial charge in [-0.1, -0.05) is 0 Å². The number of nitrogens with one attached hydrogen (secondary N) is 2. The van der Waals surface area contributed by atoms with Crippen molar-refractivity contribution >= 4 is 5.91 Å². The first kappa shape index (κ1) is 11.8. The Labute approximate surface area is 95.9 Å². The number of amides is 1. The smallest absolute Gasteiger partial charge is 0.250 e. The van der Waals surface area contributed by atoms with Gasteiger partial charge in [0.25, 0.3) is 5.91 Å². The number of hydrogen-bond acceptors (Lipinski definition) is 4. The van der Waals surface area contributed by atoms with Gasteiger partial charge in [-0.3, -0.25) is 4.79 Å². The minimum Gasteiger partial charge on any atom is -0.378 e. The third-order valence-corrected chi connectivity index (χ3v) is 3.06. The fraction of sp³-hybridized carbons (Fsp3) is 0.909. The van der Waals surface area contributed by atoms with E-state index in [2.05, 4.69) is 10.6 Å². The van der Waals surface area contributed by atoms with Gasteiger partial charge in [0.2, 0.25) is 0 Å². The molecule has 1 unspecified atom stereocenters. The molecule has 5 heteroatoms. The molecule has 16 heavy (non-hydrogen) atoms. The molecule has 1 saturated carbocycles. The first-order chi connectivity index (χ1) is 7.79. The van der Waals surface area contributed by atoms with Crippen molar-refractivity contribution < 1.29 is 14.3 Å². The molecule has 0 aromatic rings. The van der Waals surface area contributed by atoms with E-state index in [1.165, 1.54) is 0 Å². The van der Waals surface area contributed by atoms with E-state index in [1.807, 2.05) is 6.92 Å². The van der Waals surface area contributed by atoms with Gasteiger partial charge in [-0.25, -0.2) is 0 Å². The molecule has 1 aliphatic carbocycles. The summed E-state index contributed by atoms with van der Waals surface area (Å²) in [4.78, 5) is 11.7. The predicted molar refractivity (Wildman–Crippen MR) is 59.2 cm³/mol. The number of carbonyl (C=O) groups is 1. The summed E-state index contributed by atoms with van der Waals surface area (Å²) < 4.78 is 10.8. The van der Waals surface area contributed by atoms with Crippen LogP contribution >= 0.6 is 0 Å². The molecule has 1 heterocycles. The van der Waals surface area contributed by atoms with Crippen LogP contribution in [0.2, 0.25) is 0 Å².